The number of anilines is 6. The van der Waals surface area contributed by atoms with Gasteiger partial charge in [0, 0.05) is 33.8 Å². The molecule has 0 spiro atoms. The maximum Gasteiger partial charge on any atom is 0.297 e. The third-order valence-corrected chi connectivity index (χ3v) is 15.4. The highest BCUT2D eigenvalue weighted by Gasteiger charge is 2.51. The Bertz CT molecular complexity index is 2820. The molecule has 0 saturated heterocycles. The van der Waals surface area contributed by atoms with Crippen LogP contribution >= 0.6 is 0 Å². The number of benzene rings is 5. The predicted molar refractivity (Wildman–Crippen MR) is 259 cm³/mol. The lowest BCUT2D eigenvalue weighted by molar-refractivity contribution is 0.331. The van der Waals surface area contributed by atoms with Crippen LogP contribution in [0.25, 0.3) is 17.0 Å². The molecule has 0 N–H and O–H groups in total. The molecular weight excluding hydrogens is 727 g/mol. The number of hydrogen-bond donors (Lipinski definition) is 0. The number of furan rings is 1. The van der Waals surface area contributed by atoms with Gasteiger partial charge < -0.3 is 14.2 Å². The zero-order valence-corrected chi connectivity index (χ0v) is 38.5. The standard InChI is InChI=1S/C56H63BN2O/c1-15-35-30-44-48-45(31-35)59(43-22-17-36(29-34(43)3)52(4,5)6)49-38-28-33(2)16-23-46(38)60-51(49)57(48)42-21-20-40-47(56(13,14)27-26-54(40,9)10)50(42)58(44)37-18-19-39-41(32-37)55(11,12)25-24-53(39,7)8/h15-23,28-32H,1,24-27H2,2-14H3. The van der Waals surface area contributed by atoms with Crippen molar-refractivity contribution in [2.75, 3.05) is 9.80 Å². The summed E-state index contributed by atoms with van der Waals surface area (Å²) in [7, 11) is 0. The smallest absolute Gasteiger partial charge is 0.297 e. The van der Waals surface area contributed by atoms with Crippen LogP contribution in [0.4, 0.5) is 34.1 Å². The summed E-state index contributed by atoms with van der Waals surface area (Å²) in [6.07, 6.45) is 6.70. The number of hydrogen-bond acceptors (Lipinski definition) is 3. The molecule has 6 aromatic rings. The van der Waals surface area contributed by atoms with Gasteiger partial charge in [0.25, 0.3) is 6.71 Å². The zero-order valence-electron chi connectivity index (χ0n) is 38.5. The molecule has 3 nitrogen and oxygen atoms in total. The van der Waals surface area contributed by atoms with Gasteiger partial charge in [-0.15, -0.1) is 0 Å². The van der Waals surface area contributed by atoms with Crippen molar-refractivity contribution < 1.29 is 4.42 Å². The molecule has 60 heavy (non-hydrogen) atoms. The summed E-state index contributed by atoms with van der Waals surface area (Å²) in [4.78, 5) is 5.22. The molecule has 10 rings (SSSR count). The highest BCUT2D eigenvalue weighted by Crippen LogP contribution is 2.56. The second-order valence-electron chi connectivity index (χ2n) is 22.5. The molecule has 5 aromatic carbocycles. The van der Waals surface area contributed by atoms with Crippen LogP contribution in [0.1, 0.15) is 146 Å². The van der Waals surface area contributed by atoms with Gasteiger partial charge in [-0.3, -0.25) is 0 Å². The Morgan fingerprint density at radius 1 is 0.633 bits per heavy atom. The van der Waals surface area contributed by atoms with Crippen LogP contribution in [0, 0.1) is 13.8 Å². The lowest BCUT2D eigenvalue weighted by Crippen LogP contribution is -2.61. The quantitative estimate of drug-likeness (QED) is 0.166. The van der Waals surface area contributed by atoms with Crippen molar-refractivity contribution in [2.45, 2.75) is 143 Å². The molecule has 0 atom stereocenters. The first-order valence-electron chi connectivity index (χ1n) is 22.5. The third-order valence-electron chi connectivity index (χ3n) is 15.4. The van der Waals surface area contributed by atoms with Crippen LogP contribution in [0.15, 0.2) is 89.9 Å². The maximum atomic E-state index is 7.30. The summed E-state index contributed by atoms with van der Waals surface area (Å²) < 4.78 is 7.30. The normalized spacial score (nSPS) is 19.0. The van der Waals surface area contributed by atoms with E-state index in [2.05, 4.69) is 185 Å². The first kappa shape index (κ1) is 39.2. The molecule has 306 valence electrons. The van der Waals surface area contributed by atoms with E-state index in [9.17, 15) is 0 Å². The summed E-state index contributed by atoms with van der Waals surface area (Å²) in [5, 5.41) is 1.16. The van der Waals surface area contributed by atoms with Crippen LogP contribution < -0.4 is 26.4 Å². The molecule has 0 bridgehead atoms. The predicted octanol–water partition coefficient (Wildman–Crippen LogP) is 13.8. The Morgan fingerprint density at radius 3 is 1.93 bits per heavy atom. The van der Waals surface area contributed by atoms with Crippen LogP contribution in [0.5, 0.6) is 0 Å². The van der Waals surface area contributed by atoms with Crippen LogP contribution in [0.3, 0.4) is 0 Å². The minimum absolute atomic E-state index is 0.0349. The fourth-order valence-corrected chi connectivity index (χ4v) is 11.6. The maximum absolute atomic E-state index is 7.30. The third kappa shape index (κ3) is 5.54. The first-order chi connectivity index (χ1) is 28.1. The van der Waals surface area contributed by atoms with Crippen LogP contribution in [-0.2, 0) is 27.1 Å². The Hall–Kier alpha value is -4.96. The molecule has 4 heteroatoms. The highest BCUT2D eigenvalue weighted by molar-refractivity contribution is 7.00. The molecule has 1 aromatic heterocycles. The fraction of sp³-hybridized carbons (Fsp3) is 0.393. The zero-order chi connectivity index (χ0) is 42.6. The van der Waals surface area contributed by atoms with Gasteiger partial charge in [0.15, 0.2) is 0 Å². The van der Waals surface area contributed by atoms with E-state index in [0.717, 1.165) is 40.7 Å². The molecule has 0 fully saturated rings. The Balaban J connectivity index is 1.36. The van der Waals surface area contributed by atoms with Crippen LogP contribution in [-0.4, -0.2) is 6.71 Å². The topological polar surface area (TPSA) is 19.6 Å². The first-order valence-corrected chi connectivity index (χ1v) is 22.5. The van der Waals surface area contributed by atoms with Gasteiger partial charge in [-0.05, 0) is 159 Å². The summed E-state index contributed by atoms with van der Waals surface area (Å²) in [6.45, 7) is 35.4. The molecule has 0 radical (unpaired) electrons. The van der Waals surface area contributed by atoms with Crippen molar-refractivity contribution in [1.82, 2.24) is 0 Å². The molecule has 0 saturated carbocycles. The van der Waals surface area contributed by atoms with Crippen molar-refractivity contribution in [1.29, 1.82) is 0 Å². The van der Waals surface area contributed by atoms with Gasteiger partial charge in [0.1, 0.15) is 5.58 Å². The molecule has 2 aliphatic heterocycles. The lowest BCUT2D eigenvalue weighted by Gasteiger charge is -2.49. The van der Waals surface area contributed by atoms with Crippen molar-refractivity contribution in [3.63, 3.8) is 0 Å². The van der Waals surface area contributed by atoms with E-state index in [1.165, 1.54) is 91.1 Å². The second kappa shape index (κ2) is 12.6. The van der Waals surface area contributed by atoms with E-state index in [-0.39, 0.29) is 33.8 Å². The van der Waals surface area contributed by atoms with E-state index < -0.39 is 0 Å². The van der Waals surface area contributed by atoms with Gasteiger partial charge in [-0.1, -0.05) is 131 Å². The van der Waals surface area contributed by atoms with E-state index in [1.54, 1.807) is 0 Å². The van der Waals surface area contributed by atoms with Gasteiger partial charge in [-0.2, -0.15) is 0 Å². The summed E-state index contributed by atoms with van der Waals surface area (Å²) in [5.41, 5.74) is 23.0. The molecule has 3 heterocycles. The average molecular weight is 791 g/mol. The van der Waals surface area contributed by atoms with Crippen molar-refractivity contribution in [2.24, 2.45) is 0 Å². The summed E-state index contributed by atoms with van der Waals surface area (Å²) >= 11 is 0. The van der Waals surface area contributed by atoms with E-state index in [4.69, 9.17) is 4.42 Å². The van der Waals surface area contributed by atoms with Gasteiger partial charge in [-0.25, -0.2) is 0 Å². The van der Waals surface area contributed by atoms with Gasteiger partial charge >= 0.3 is 0 Å². The van der Waals surface area contributed by atoms with Gasteiger partial charge in [0.05, 0.1) is 11.3 Å². The Morgan fingerprint density at radius 2 is 1.27 bits per heavy atom. The lowest BCUT2D eigenvalue weighted by atomic mass is 9.35. The minimum atomic E-state index is -0.104. The summed E-state index contributed by atoms with van der Waals surface area (Å²) in [6, 6.07) is 31.0. The number of aryl methyl sites for hydroxylation is 2. The molecule has 0 unspecified atom stereocenters. The van der Waals surface area contributed by atoms with Crippen molar-refractivity contribution >= 4 is 74.5 Å². The van der Waals surface area contributed by atoms with E-state index >= 15 is 0 Å². The summed E-state index contributed by atoms with van der Waals surface area (Å²) in [5.74, 6) is 0. The molecule has 4 aliphatic rings. The highest BCUT2D eigenvalue weighted by atomic mass is 16.3. The van der Waals surface area contributed by atoms with Crippen molar-refractivity contribution in [3.8, 4) is 0 Å². The number of nitrogens with zero attached hydrogens (tertiary/aromatic N) is 2. The van der Waals surface area contributed by atoms with E-state index in [1.807, 2.05) is 6.08 Å². The molecular formula is C56H63BN2O. The molecule has 2 aliphatic carbocycles. The largest absolute Gasteiger partial charge is 0.468 e. The second-order valence-corrected chi connectivity index (χ2v) is 22.5. The Labute approximate surface area is 360 Å². The van der Waals surface area contributed by atoms with Crippen LogP contribution in [0.2, 0.25) is 0 Å². The minimum Gasteiger partial charge on any atom is -0.468 e. The fourth-order valence-electron chi connectivity index (χ4n) is 11.6. The van der Waals surface area contributed by atoms with Gasteiger partial charge in [0.2, 0.25) is 0 Å². The SMILES string of the molecule is C=Cc1cc2c3c(c1)N(c1ccc(C(C)(C)C)cc1C)c1c(oc4ccc(C)cc14)B3c1ccc3c(c1N2c1ccc2c(c1)C(C)(C)CCC2(C)C)C(C)(C)CCC3(C)C. The van der Waals surface area contributed by atoms with E-state index in [0.29, 0.717) is 0 Å². The monoisotopic (exact) mass is 791 g/mol. The molecule has 0 amide bonds. The average Bonchev–Trinajstić information content (AvgIpc) is 3.55. The Kier molecular flexibility index (Phi) is 8.20. The number of rotatable bonds is 3. The van der Waals surface area contributed by atoms with Crippen molar-refractivity contribution in [3.05, 3.63) is 130 Å². The number of fused-ring (bicyclic) bond motifs is 9.